The first-order chi connectivity index (χ1) is 14.1. The summed E-state index contributed by atoms with van der Waals surface area (Å²) in [6, 6.07) is 11.6. The van der Waals surface area contributed by atoms with Crippen molar-refractivity contribution in [1.29, 1.82) is 0 Å². The lowest BCUT2D eigenvalue weighted by Gasteiger charge is -2.23. The lowest BCUT2D eigenvalue weighted by atomic mass is 10.1. The Bertz CT molecular complexity index is 872. The molecule has 0 aromatic heterocycles. The van der Waals surface area contributed by atoms with Gasteiger partial charge in [-0.1, -0.05) is 0 Å². The first-order valence-electron chi connectivity index (χ1n) is 9.21. The van der Waals surface area contributed by atoms with Crippen molar-refractivity contribution in [2.24, 2.45) is 0 Å². The third-order valence-corrected chi connectivity index (χ3v) is 5.53. The molecular formula is C21H24N2O5S. The van der Waals surface area contributed by atoms with Gasteiger partial charge in [0.15, 0.2) is 11.5 Å². The molecule has 8 heteroatoms. The average Bonchev–Trinajstić information content (AvgIpc) is 3.24. The molecule has 0 saturated carbocycles. The molecule has 0 spiro atoms. The van der Waals surface area contributed by atoms with Crippen LogP contribution >= 0.6 is 11.8 Å². The number of ether oxygens (including phenoxy) is 3. The number of nitrogens with zero attached hydrogens (tertiary/aromatic N) is 1. The van der Waals surface area contributed by atoms with Crippen LogP contribution in [-0.2, 0) is 4.79 Å². The molecule has 1 fully saturated rings. The van der Waals surface area contributed by atoms with Crippen LogP contribution < -0.4 is 19.5 Å². The number of hydrogen-bond acceptors (Lipinski definition) is 6. The molecule has 1 atom stereocenters. The molecule has 0 aliphatic carbocycles. The standard InChI is InChI=1S/C21H24N2O5S/c1-4-28-18-10-5-14(11-19(18)27-3)21(25)23-13-29-12-17(23)20(24)22-15-6-8-16(26-2)9-7-15/h5-11,17H,4,12-13H2,1-3H3,(H,22,24). The summed E-state index contributed by atoms with van der Waals surface area (Å²) in [5.41, 5.74) is 1.11. The highest BCUT2D eigenvalue weighted by Gasteiger charge is 2.35. The Balaban J connectivity index is 1.73. The van der Waals surface area contributed by atoms with E-state index >= 15 is 0 Å². The van der Waals surface area contributed by atoms with Gasteiger partial charge in [-0.15, -0.1) is 11.8 Å². The summed E-state index contributed by atoms with van der Waals surface area (Å²) in [5, 5.41) is 2.87. The number of amides is 2. The van der Waals surface area contributed by atoms with Crippen molar-refractivity contribution < 1.29 is 23.8 Å². The third kappa shape index (κ3) is 4.76. The highest BCUT2D eigenvalue weighted by atomic mass is 32.2. The maximum absolute atomic E-state index is 13.1. The van der Waals surface area contributed by atoms with Crippen LogP contribution in [0.2, 0.25) is 0 Å². The fourth-order valence-corrected chi connectivity index (χ4v) is 4.16. The second-order valence-electron chi connectivity index (χ2n) is 6.31. The summed E-state index contributed by atoms with van der Waals surface area (Å²) in [4.78, 5) is 27.4. The number of benzene rings is 2. The van der Waals surface area contributed by atoms with Gasteiger partial charge in [0, 0.05) is 17.0 Å². The molecule has 1 heterocycles. The molecule has 0 bridgehead atoms. The number of anilines is 1. The van der Waals surface area contributed by atoms with E-state index in [0.717, 1.165) is 0 Å². The molecule has 2 aromatic carbocycles. The minimum atomic E-state index is -0.549. The Morgan fingerprint density at radius 1 is 1.10 bits per heavy atom. The lowest BCUT2D eigenvalue weighted by Crippen LogP contribution is -2.44. The van der Waals surface area contributed by atoms with Crippen LogP contribution in [0, 0.1) is 0 Å². The quantitative estimate of drug-likeness (QED) is 0.747. The van der Waals surface area contributed by atoms with Crippen molar-refractivity contribution in [1.82, 2.24) is 4.90 Å². The van der Waals surface area contributed by atoms with Crippen molar-refractivity contribution in [2.75, 3.05) is 37.8 Å². The van der Waals surface area contributed by atoms with Crippen molar-refractivity contribution in [3.63, 3.8) is 0 Å². The van der Waals surface area contributed by atoms with Gasteiger partial charge in [-0.25, -0.2) is 0 Å². The minimum absolute atomic E-state index is 0.216. The summed E-state index contributed by atoms with van der Waals surface area (Å²) >= 11 is 1.55. The summed E-state index contributed by atoms with van der Waals surface area (Å²) in [7, 11) is 3.12. The molecule has 7 nitrogen and oxygen atoms in total. The van der Waals surface area contributed by atoms with Crippen LogP contribution in [0.15, 0.2) is 42.5 Å². The van der Waals surface area contributed by atoms with Crippen LogP contribution in [0.25, 0.3) is 0 Å². The predicted octanol–water partition coefficient (Wildman–Crippen LogP) is 3.26. The predicted molar refractivity (Wildman–Crippen MR) is 113 cm³/mol. The Labute approximate surface area is 174 Å². The Morgan fingerprint density at radius 3 is 2.52 bits per heavy atom. The normalized spacial score (nSPS) is 15.7. The van der Waals surface area contributed by atoms with E-state index in [4.69, 9.17) is 14.2 Å². The molecular weight excluding hydrogens is 392 g/mol. The Kier molecular flexibility index (Phi) is 6.87. The molecule has 3 rings (SSSR count). The highest BCUT2D eigenvalue weighted by molar-refractivity contribution is 7.99. The van der Waals surface area contributed by atoms with Crippen molar-refractivity contribution >= 4 is 29.3 Å². The molecule has 1 N–H and O–H groups in total. The van der Waals surface area contributed by atoms with Gasteiger partial charge in [-0.3, -0.25) is 9.59 Å². The molecule has 1 aliphatic heterocycles. The first-order valence-corrected chi connectivity index (χ1v) is 10.4. The number of carbonyl (C=O) groups is 2. The number of hydrogen-bond donors (Lipinski definition) is 1. The monoisotopic (exact) mass is 416 g/mol. The number of rotatable bonds is 7. The van der Waals surface area contributed by atoms with E-state index in [1.54, 1.807) is 66.2 Å². The van der Waals surface area contributed by atoms with E-state index in [-0.39, 0.29) is 11.8 Å². The maximum atomic E-state index is 13.1. The number of nitrogens with one attached hydrogen (secondary N) is 1. The zero-order valence-corrected chi connectivity index (χ0v) is 17.5. The first kappa shape index (κ1) is 20.9. The van der Waals surface area contributed by atoms with Crippen molar-refractivity contribution in [3.05, 3.63) is 48.0 Å². The fourth-order valence-electron chi connectivity index (χ4n) is 3.00. The minimum Gasteiger partial charge on any atom is -0.497 e. The van der Waals surface area contributed by atoms with Crippen LogP contribution in [0.4, 0.5) is 5.69 Å². The van der Waals surface area contributed by atoms with E-state index in [0.29, 0.717) is 46.7 Å². The van der Waals surface area contributed by atoms with E-state index < -0.39 is 6.04 Å². The third-order valence-electron chi connectivity index (χ3n) is 4.51. The van der Waals surface area contributed by atoms with Crippen molar-refractivity contribution in [3.8, 4) is 17.2 Å². The van der Waals surface area contributed by atoms with E-state index in [9.17, 15) is 9.59 Å². The van der Waals surface area contributed by atoms with Gasteiger partial charge in [-0.05, 0) is 49.4 Å². The molecule has 1 unspecified atom stereocenters. The number of thioether (sulfide) groups is 1. The molecule has 0 radical (unpaired) electrons. The second kappa shape index (κ2) is 9.56. The summed E-state index contributed by atoms with van der Waals surface area (Å²) < 4.78 is 16.0. The van der Waals surface area contributed by atoms with Crippen molar-refractivity contribution in [2.45, 2.75) is 13.0 Å². The van der Waals surface area contributed by atoms with Gasteiger partial charge in [-0.2, -0.15) is 0 Å². The Morgan fingerprint density at radius 2 is 1.86 bits per heavy atom. The van der Waals surface area contributed by atoms with Gasteiger partial charge in [0.1, 0.15) is 11.8 Å². The van der Waals surface area contributed by atoms with Gasteiger partial charge in [0.25, 0.3) is 5.91 Å². The smallest absolute Gasteiger partial charge is 0.255 e. The zero-order chi connectivity index (χ0) is 20.8. The molecule has 1 aliphatic rings. The van der Waals surface area contributed by atoms with Crippen LogP contribution in [0.5, 0.6) is 17.2 Å². The average molecular weight is 416 g/mol. The van der Waals surface area contributed by atoms with Gasteiger partial charge in [0.05, 0.1) is 26.7 Å². The molecule has 1 saturated heterocycles. The fraction of sp³-hybridized carbons (Fsp3) is 0.333. The highest BCUT2D eigenvalue weighted by Crippen LogP contribution is 2.30. The molecule has 2 aromatic rings. The summed E-state index contributed by atoms with van der Waals surface area (Å²) in [6.45, 7) is 2.38. The second-order valence-corrected chi connectivity index (χ2v) is 7.31. The van der Waals surface area contributed by atoms with Crippen LogP contribution in [-0.4, -0.2) is 55.2 Å². The maximum Gasteiger partial charge on any atom is 0.255 e. The van der Waals surface area contributed by atoms with E-state index in [1.165, 1.54) is 7.11 Å². The van der Waals surface area contributed by atoms with E-state index in [2.05, 4.69) is 5.32 Å². The van der Waals surface area contributed by atoms with E-state index in [1.807, 2.05) is 6.92 Å². The Hall–Kier alpha value is -2.87. The molecule has 154 valence electrons. The van der Waals surface area contributed by atoms with Gasteiger partial charge >= 0.3 is 0 Å². The van der Waals surface area contributed by atoms with Crippen LogP contribution in [0.1, 0.15) is 17.3 Å². The zero-order valence-electron chi connectivity index (χ0n) is 16.6. The summed E-state index contributed by atoms with van der Waals surface area (Å²) in [6.07, 6.45) is 0. The molecule has 29 heavy (non-hydrogen) atoms. The lowest BCUT2D eigenvalue weighted by molar-refractivity contribution is -0.119. The SMILES string of the molecule is CCOc1ccc(C(=O)N2CSCC2C(=O)Nc2ccc(OC)cc2)cc1OC. The number of carbonyl (C=O) groups excluding carboxylic acids is 2. The topological polar surface area (TPSA) is 77.1 Å². The molecule has 2 amide bonds. The number of methoxy groups -OCH3 is 2. The van der Waals surface area contributed by atoms with Crippen LogP contribution in [0.3, 0.4) is 0 Å². The summed E-state index contributed by atoms with van der Waals surface area (Å²) in [5.74, 6) is 2.34. The van der Waals surface area contributed by atoms with Gasteiger partial charge < -0.3 is 24.4 Å². The van der Waals surface area contributed by atoms with Gasteiger partial charge in [0.2, 0.25) is 5.91 Å². The largest absolute Gasteiger partial charge is 0.497 e.